The molecule has 0 aliphatic rings. The molecule has 0 saturated heterocycles. The third-order valence-corrected chi connectivity index (χ3v) is 3.34. The van der Waals surface area contributed by atoms with E-state index in [4.69, 9.17) is 16.7 Å². The summed E-state index contributed by atoms with van der Waals surface area (Å²) >= 11 is 6.11. The van der Waals surface area contributed by atoms with Crippen LogP contribution >= 0.6 is 11.6 Å². The van der Waals surface area contributed by atoms with Gasteiger partial charge in [-0.1, -0.05) is 29.8 Å². The van der Waals surface area contributed by atoms with Gasteiger partial charge >= 0.3 is 5.97 Å². The molecule has 0 fully saturated rings. The lowest BCUT2D eigenvalue weighted by atomic mass is 10.2. The molecule has 1 heterocycles. The van der Waals surface area contributed by atoms with Crippen molar-refractivity contribution in [3.63, 3.8) is 0 Å². The lowest BCUT2D eigenvalue weighted by Crippen LogP contribution is -1.99. The van der Waals surface area contributed by atoms with Gasteiger partial charge in [0.05, 0.1) is 33.7 Å². The van der Waals surface area contributed by atoms with Crippen LogP contribution in [0.5, 0.6) is 0 Å². The number of hydrogen-bond donors (Lipinski definition) is 2. The van der Waals surface area contributed by atoms with Crippen molar-refractivity contribution in [1.29, 1.82) is 0 Å². The molecular weight excluding hydrogens is 290 g/mol. The van der Waals surface area contributed by atoms with Crippen LogP contribution in [-0.4, -0.2) is 21.3 Å². The Kier molecular flexibility index (Phi) is 3.41. The quantitative estimate of drug-likeness (QED) is 0.771. The van der Waals surface area contributed by atoms with Crippen LogP contribution in [0.2, 0.25) is 5.02 Å². The van der Waals surface area contributed by atoms with E-state index >= 15 is 0 Å². The Hall–Kier alpha value is -2.66. The van der Waals surface area contributed by atoms with Crippen molar-refractivity contribution in [3.05, 3.63) is 59.2 Å². The summed E-state index contributed by atoms with van der Waals surface area (Å²) in [6.45, 7) is 0. The molecule has 104 valence electrons. The van der Waals surface area contributed by atoms with Gasteiger partial charge in [0.15, 0.2) is 0 Å². The van der Waals surface area contributed by atoms with Gasteiger partial charge in [0.1, 0.15) is 0 Å². The standard InChI is InChI=1S/C15H10ClN3O2/c16-11-7-9(15(20)21)5-6-13(11)18-14-8-17-19-12-4-2-1-3-10(12)14/h1-8H,(H,18,19)(H,20,21). The van der Waals surface area contributed by atoms with Gasteiger partial charge in [0.25, 0.3) is 0 Å². The first-order valence-corrected chi connectivity index (χ1v) is 6.53. The number of nitrogens with zero attached hydrogens (tertiary/aromatic N) is 2. The summed E-state index contributed by atoms with van der Waals surface area (Å²) in [7, 11) is 0. The van der Waals surface area contributed by atoms with Crippen LogP contribution in [0.15, 0.2) is 48.7 Å². The van der Waals surface area contributed by atoms with E-state index in [2.05, 4.69) is 15.5 Å². The number of halogens is 1. The molecule has 0 atom stereocenters. The average molecular weight is 300 g/mol. The summed E-state index contributed by atoms with van der Waals surface area (Å²) in [5.41, 5.74) is 2.27. The highest BCUT2D eigenvalue weighted by molar-refractivity contribution is 6.33. The number of carboxylic acids is 1. The largest absolute Gasteiger partial charge is 0.478 e. The maximum atomic E-state index is 10.9. The summed E-state index contributed by atoms with van der Waals surface area (Å²) < 4.78 is 0. The molecule has 2 aromatic carbocycles. The van der Waals surface area contributed by atoms with Crippen molar-refractivity contribution in [2.24, 2.45) is 0 Å². The van der Waals surface area contributed by atoms with E-state index in [1.54, 1.807) is 12.3 Å². The fourth-order valence-electron chi connectivity index (χ4n) is 2.00. The van der Waals surface area contributed by atoms with Gasteiger partial charge in [-0.25, -0.2) is 4.79 Å². The van der Waals surface area contributed by atoms with E-state index in [0.717, 1.165) is 16.6 Å². The van der Waals surface area contributed by atoms with E-state index < -0.39 is 5.97 Å². The zero-order valence-electron chi connectivity index (χ0n) is 10.7. The summed E-state index contributed by atoms with van der Waals surface area (Å²) in [5.74, 6) is -1.01. The number of anilines is 2. The molecule has 0 unspecified atom stereocenters. The SMILES string of the molecule is O=C(O)c1ccc(Nc2cnnc3ccccc23)c(Cl)c1. The van der Waals surface area contributed by atoms with Crippen LogP contribution in [-0.2, 0) is 0 Å². The fraction of sp³-hybridized carbons (Fsp3) is 0. The number of benzene rings is 2. The second kappa shape index (κ2) is 5.38. The minimum absolute atomic E-state index is 0.142. The molecule has 3 aromatic rings. The second-order valence-corrected chi connectivity index (χ2v) is 4.81. The first-order chi connectivity index (χ1) is 10.1. The van der Waals surface area contributed by atoms with Crippen LogP contribution in [0.1, 0.15) is 10.4 Å². The normalized spacial score (nSPS) is 10.5. The van der Waals surface area contributed by atoms with E-state index in [0.29, 0.717) is 10.7 Å². The molecule has 0 aliphatic heterocycles. The summed E-state index contributed by atoms with van der Waals surface area (Å²) in [5, 5.41) is 21.3. The van der Waals surface area contributed by atoms with Gasteiger partial charge in [0, 0.05) is 5.39 Å². The lowest BCUT2D eigenvalue weighted by Gasteiger charge is -2.10. The smallest absolute Gasteiger partial charge is 0.335 e. The average Bonchev–Trinajstić information content (AvgIpc) is 2.49. The number of carbonyl (C=O) groups is 1. The molecule has 0 bridgehead atoms. The molecular formula is C15H10ClN3O2. The Morgan fingerprint density at radius 1 is 1.14 bits per heavy atom. The van der Waals surface area contributed by atoms with E-state index in [1.807, 2.05) is 24.3 Å². The first-order valence-electron chi connectivity index (χ1n) is 6.15. The number of nitrogens with one attached hydrogen (secondary N) is 1. The Balaban J connectivity index is 2.01. The molecule has 0 spiro atoms. The Bertz CT molecular complexity index is 831. The van der Waals surface area contributed by atoms with Gasteiger partial charge in [0.2, 0.25) is 0 Å². The Labute approximate surface area is 125 Å². The molecule has 1 aromatic heterocycles. The zero-order valence-corrected chi connectivity index (χ0v) is 11.5. The van der Waals surface area contributed by atoms with E-state index in [1.165, 1.54) is 12.1 Å². The Morgan fingerprint density at radius 2 is 1.95 bits per heavy atom. The van der Waals surface area contributed by atoms with Crippen molar-refractivity contribution >= 4 is 39.8 Å². The first kappa shape index (κ1) is 13.3. The van der Waals surface area contributed by atoms with E-state index in [-0.39, 0.29) is 5.56 Å². The summed E-state index contributed by atoms with van der Waals surface area (Å²) in [6.07, 6.45) is 1.60. The van der Waals surface area contributed by atoms with Crippen LogP contribution in [0.25, 0.3) is 10.9 Å². The number of hydrogen-bond acceptors (Lipinski definition) is 4. The van der Waals surface area contributed by atoms with Crippen molar-refractivity contribution in [2.75, 3.05) is 5.32 Å². The highest BCUT2D eigenvalue weighted by Crippen LogP contribution is 2.29. The summed E-state index contributed by atoms with van der Waals surface area (Å²) in [6, 6.07) is 12.1. The van der Waals surface area contributed by atoms with Crippen LogP contribution in [0.4, 0.5) is 11.4 Å². The maximum absolute atomic E-state index is 10.9. The summed E-state index contributed by atoms with van der Waals surface area (Å²) in [4.78, 5) is 10.9. The molecule has 5 nitrogen and oxygen atoms in total. The number of aromatic carboxylic acids is 1. The lowest BCUT2D eigenvalue weighted by molar-refractivity contribution is 0.0697. The fourth-order valence-corrected chi connectivity index (χ4v) is 2.23. The van der Waals surface area contributed by atoms with Gasteiger partial charge in [-0.2, -0.15) is 10.2 Å². The highest BCUT2D eigenvalue weighted by atomic mass is 35.5. The van der Waals surface area contributed by atoms with Gasteiger partial charge in [-0.3, -0.25) is 0 Å². The molecule has 2 N–H and O–H groups in total. The molecule has 6 heteroatoms. The number of carboxylic acid groups (broad SMARTS) is 1. The third kappa shape index (κ3) is 2.64. The monoisotopic (exact) mass is 299 g/mol. The minimum atomic E-state index is -1.01. The topological polar surface area (TPSA) is 75.1 Å². The van der Waals surface area contributed by atoms with E-state index in [9.17, 15) is 4.79 Å². The van der Waals surface area contributed by atoms with Gasteiger partial charge in [-0.15, -0.1) is 0 Å². The predicted octanol–water partition coefficient (Wildman–Crippen LogP) is 3.73. The number of aromatic nitrogens is 2. The number of fused-ring (bicyclic) bond motifs is 1. The third-order valence-electron chi connectivity index (χ3n) is 3.03. The molecule has 0 amide bonds. The molecule has 0 radical (unpaired) electrons. The van der Waals surface area contributed by atoms with Gasteiger partial charge < -0.3 is 10.4 Å². The zero-order chi connectivity index (χ0) is 14.8. The van der Waals surface area contributed by atoms with Gasteiger partial charge in [-0.05, 0) is 24.3 Å². The Morgan fingerprint density at radius 3 is 2.71 bits per heavy atom. The van der Waals surface area contributed by atoms with Crippen molar-refractivity contribution < 1.29 is 9.90 Å². The molecule has 21 heavy (non-hydrogen) atoms. The van der Waals surface area contributed by atoms with Crippen molar-refractivity contribution in [1.82, 2.24) is 10.2 Å². The maximum Gasteiger partial charge on any atom is 0.335 e. The molecule has 0 saturated carbocycles. The second-order valence-electron chi connectivity index (χ2n) is 4.40. The van der Waals surface area contributed by atoms with Crippen LogP contribution in [0.3, 0.4) is 0 Å². The molecule has 0 aliphatic carbocycles. The predicted molar refractivity (Wildman–Crippen MR) is 81.2 cm³/mol. The van der Waals surface area contributed by atoms with Crippen LogP contribution < -0.4 is 5.32 Å². The van der Waals surface area contributed by atoms with Crippen molar-refractivity contribution in [3.8, 4) is 0 Å². The van der Waals surface area contributed by atoms with Crippen molar-refractivity contribution in [2.45, 2.75) is 0 Å². The minimum Gasteiger partial charge on any atom is -0.478 e. The highest BCUT2D eigenvalue weighted by Gasteiger charge is 2.09. The number of rotatable bonds is 3. The molecule has 3 rings (SSSR count). The van der Waals surface area contributed by atoms with Crippen LogP contribution in [0, 0.1) is 0 Å².